The molecule has 2 amide bonds. The molecule has 168 valence electrons. The Bertz CT molecular complexity index is 1040. The van der Waals surface area contributed by atoms with Crippen LogP contribution < -0.4 is 20.9 Å². The average Bonchev–Trinajstić information content (AvgIpc) is 3.34. The van der Waals surface area contributed by atoms with E-state index < -0.39 is 16.7 Å². The molecule has 2 aromatic rings. The molecule has 2 aliphatic rings. The maximum atomic E-state index is 13.0. The molecular weight excluding hydrogens is 410 g/mol. The molecule has 9 nitrogen and oxygen atoms in total. The lowest BCUT2D eigenvalue weighted by atomic mass is 10.1. The van der Waals surface area contributed by atoms with Gasteiger partial charge in [-0.25, -0.2) is 0 Å². The zero-order chi connectivity index (χ0) is 22.7. The number of nitrogens with one attached hydrogen (secondary N) is 1. The molecule has 0 bridgehead atoms. The van der Waals surface area contributed by atoms with Crippen LogP contribution in [0.2, 0.25) is 0 Å². The van der Waals surface area contributed by atoms with Gasteiger partial charge in [0.2, 0.25) is 5.91 Å². The minimum Gasteiger partial charge on any atom is -0.370 e. The van der Waals surface area contributed by atoms with Gasteiger partial charge in [0, 0.05) is 43.4 Å². The molecule has 3 N–H and O–H groups in total. The number of nitrogens with two attached hydrogens (primary N) is 1. The van der Waals surface area contributed by atoms with E-state index in [9.17, 15) is 19.7 Å². The monoisotopic (exact) mass is 437 g/mol. The fraction of sp³-hybridized carbons (Fsp3) is 0.391. The third-order valence-electron chi connectivity index (χ3n) is 6.11. The quantitative estimate of drug-likeness (QED) is 0.527. The first-order chi connectivity index (χ1) is 15.4. The minimum atomic E-state index is -0.588. The van der Waals surface area contributed by atoms with Crippen molar-refractivity contribution in [3.8, 4) is 0 Å². The fourth-order valence-corrected chi connectivity index (χ4v) is 4.43. The standard InChI is InChI=1S/C23H27N5O4/c24-22(29)16-6-8-19(26-12-4-5-13-26)18(14-16)25-23(30)17-7-9-20(21(15-17)28(31)32)27-10-2-1-3-11-27/h6-9,14-15H,1-5,10-13H2,(H2,24,29)(H,25,30). The summed E-state index contributed by atoms with van der Waals surface area (Å²) in [6.45, 7) is 3.25. The van der Waals surface area contributed by atoms with Crippen LogP contribution in [0.15, 0.2) is 36.4 Å². The van der Waals surface area contributed by atoms with Crippen LogP contribution in [0.3, 0.4) is 0 Å². The molecule has 0 aromatic heterocycles. The van der Waals surface area contributed by atoms with E-state index in [1.54, 1.807) is 30.3 Å². The van der Waals surface area contributed by atoms with E-state index >= 15 is 0 Å². The van der Waals surface area contributed by atoms with E-state index in [1.165, 1.54) is 6.07 Å². The van der Waals surface area contributed by atoms with Gasteiger partial charge in [0.05, 0.1) is 16.3 Å². The normalized spacial score (nSPS) is 16.1. The molecule has 2 fully saturated rings. The van der Waals surface area contributed by atoms with Gasteiger partial charge in [-0.05, 0) is 62.4 Å². The molecule has 0 aliphatic carbocycles. The third kappa shape index (κ3) is 4.51. The number of nitro benzene ring substituents is 1. The van der Waals surface area contributed by atoms with Crippen molar-refractivity contribution in [1.82, 2.24) is 0 Å². The number of anilines is 3. The Hall–Kier alpha value is -3.62. The molecule has 2 aliphatic heterocycles. The fourth-order valence-electron chi connectivity index (χ4n) is 4.43. The number of hydrogen-bond acceptors (Lipinski definition) is 6. The second kappa shape index (κ2) is 9.25. The summed E-state index contributed by atoms with van der Waals surface area (Å²) in [7, 11) is 0. The summed E-state index contributed by atoms with van der Waals surface area (Å²) in [5, 5.41) is 14.6. The van der Waals surface area contributed by atoms with Crippen molar-refractivity contribution in [1.29, 1.82) is 0 Å². The van der Waals surface area contributed by atoms with Gasteiger partial charge in [0.15, 0.2) is 0 Å². The highest BCUT2D eigenvalue weighted by atomic mass is 16.6. The first-order valence-corrected chi connectivity index (χ1v) is 11.0. The van der Waals surface area contributed by atoms with Crippen LogP contribution in [0.25, 0.3) is 0 Å². The predicted molar refractivity (Wildman–Crippen MR) is 124 cm³/mol. The summed E-state index contributed by atoms with van der Waals surface area (Å²) in [5.41, 5.74) is 7.64. The first kappa shape index (κ1) is 21.6. The van der Waals surface area contributed by atoms with Crippen LogP contribution in [0, 0.1) is 10.1 Å². The van der Waals surface area contributed by atoms with Crippen LogP contribution in [-0.2, 0) is 0 Å². The SMILES string of the molecule is NC(=O)c1ccc(N2CCCC2)c(NC(=O)c2ccc(N3CCCCC3)c([N+](=O)[O-])c2)c1. The molecule has 0 saturated carbocycles. The maximum absolute atomic E-state index is 13.0. The van der Waals surface area contributed by atoms with E-state index in [-0.39, 0.29) is 16.8 Å². The third-order valence-corrected chi connectivity index (χ3v) is 6.11. The van der Waals surface area contributed by atoms with E-state index in [0.29, 0.717) is 11.4 Å². The molecule has 0 atom stereocenters. The van der Waals surface area contributed by atoms with Crippen molar-refractivity contribution < 1.29 is 14.5 Å². The Morgan fingerprint density at radius 3 is 2.03 bits per heavy atom. The summed E-state index contributed by atoms with van der Waals surface area (Å²) >= 11 is 0. The topological polar surface area (TPSA) is 122 Å². The smallest absolute Gasteiger partial charge is 0.293 e. The molecule has 2 heterocycles. The number of primary amides is 1. The van der Waals surface area contributed by atoms with E-state index in [4.69, 9.17) is 5.73 Å². The minimum absolute atomic E-state index is 0.0785. The number of carbonyl (C=O) groups is 2. The average molecular weight is 438 g/mol. The Morgan fingerprint density at radius 2 is 1.41 bits per heavy atom. The van der Waals surface area contributed by atoms with Crippen LogP contribution in [0.5, 0.6) is 0 Å². The van der Waals surface area contributed by atoms with Crippen molar-refractivity contribution in [2.24, 2.45) is 5.73 Å². The Kier molecular flexibility index (Phi) is 6.25. The number of piperidine rings is 1. The van der Waals surface area contributed by atoms with Gasteiger partial charge in [-0.3, -0.25) is 19.7 Å². The van der Waals surface area contributed by atoms with Crippen LogP contribution >= 0.6 is 0 Å². The number of rotatable bonds is 6. The van der Waals surface area contributed by atoms with E-state index in [0.717, 1.165) is 64.0 Å². The van der Waals surface area contributed by atoms with Crippen molar-refractivity contribution in [2.75, 3.05) is 41.3 Å². The highest BCUT2D eigenvalue weighted by molar-refractivity contribution is 6.07. The van der Waals surface area contributed by atoms with Gasteiger partial charge in [0.1, 0.15) is 5.69 Å². The zero-order valence-corrected chi connectivity index (χ0v) is 17.9. The lowest BCUT2D eigenvalue weighted by Crippen LogP contribution is -2.30. The lowest BCUT2D eigenvalue weighted by Gasteiger charge is -2.28. The number of amides is 2. The van der Waals surface area contributed by atoms with Gasteiger partial charge in [-0.1, -0.05) is 0 Å². The summed E-state index contributed by atoms with van der Waals surface area (Å²) < 4.78 is 0. The Labute approximate surface area is 186 Å². The van der Waals surface area contributed by atoms with Crippen LogP contribution in [0.4, 0.5) is 22.7 Å². The second-order valence-corrected chi connectivity index (χ2v) is 8.25. The lowest BCUT2D eigenvalue weighted by molar-refractivity contribution is -0.384. The van der Waals surface area contributed by atoms with E-state index in [1.807, 2.05) is 4.90 Å². The van der Waals surface area contributed by atoms with Crippen molar-refractivity contribution in [3.05, 3.63) is 57.6 Å². The van der Waals surface area contributed by atoms with Gasteiger partial charge < -0.3 is 20.9 Å². The Balaban J connectivity index is 1.63. The van der Waals surface area contributed by atoms with Gasteiger partial charge in [-0.2, -0.15) is 0 Å². The predicted octanol–water partition coefficient (Wildman–Crippen LogP) is 3.54. The van der Waals surface area contributed by atoms with Gasteiger partial charge in [-0.15, -0.1) is 0 Å². The number of benzene rings is 2. The molecule has 2 saturated heterocycles. The summed E-state index contributed by atoms with van der Waals surface area (Å²) in [6, 6.07) is 9.57. The van der Waals surface area contributed by atoms with Crippen LogP contribution in [-0.4, -0.2) is 42.9 Å². The first-order valence-electron chi connectivity index (χ1n) is 11.0. The number of nitro groups is 1. The van der Waals surface area contributed by atoms with Crippen molar-refractivity contribution >= 4 is 34.6 Å². The second-order valence-electron chi connectivity index (χ2n) is 8.25. The highest BCUT2D eigenvalue weighted by Gasteiger charge is 2.24. The largest absolute Gasteiger partial charge is 0.370 e. The Morgan fingerprint density at radius 1 is 0.844 bits per heavy atom. The molecule has 0 radical (unpaired) electrons. The zero-order valence-electron chi connectivity index (χ0n) is 17.9. The summed E-state index contributed by atoms with van der Waals surface area (Å²) in [4.78, 5) is 40.1. The molecule has 32 heavy (non-hydrogen) atoms. The van der Waals surface area contributed by atoms with Gasteiger partial charge >= 0.3 is 0 Å². The highest BCUT2D eigenvalue weighted by Crippen LogP contribution is 2.33. The maximum Gasteiger partial charge on any atom is 0.293 e. The number of hydrogen-bond donors (Lipinski definition) is 2. The van der Waals surface area contributed by atoms with Crippen LogP contribution in [0.1, 0.15) is 52.8 Å². The molecule has 0 spiro atoms. The molecule has 4 rings (SSSR count). The summed E-state index contributed by atoms with van der Waals surface area (Å²) in [6.07, 6.45) is 5.21. The summed E-state index contributed by atoms with van der Waals surface area (Å²) in [5.74, 6) is -1.06. The van der Waals surface area contributed by atoms with E-state index in [2.05, 4.69) is 10.2 Å². The number of carbonyl (C=O) groups excluding carboxylic acids is 2. The molecule has 9 heteroatoms. The van der Waals surface area contributed by atoms with Gasteiger partial charge in [0.25, 0.3) is 11.6 Å². The molecule has 0 unspecified atom stereocenters. The number of nitrogens with zero attached hydrogens (tertiary/aromatic N) is 3. The molecule has 2 aromatic carbocycles. The van der Waals surface area contributed by atoms with Crippen molar-refractivity contribution in [3.63, 3.8) is 0 Å². The van der Waals surface area contributed by atoms with Crippen molar-refractivity contribution in [2.45, 2.75) is 32.1 Å². The molecular formula is C23H27N5O4.